The minimum atomic E-state index is -0.0351. The number of aryl methyl sites for hydroxylation is 1. The molecule has 0 bridgehead atoms. The van der Waals surface area contributed by atoms with Crippen LogP contribution in [-0.2, 0) is 6.42 Å². The lowest BCUT2D eigenvalue weighted by molar-refractivity contribution is 0.210. The number of ether oxygens (including phenoxy) is 1. The molecule has 1 heterocycles. The van der Waals surface area contributed by atoms with Gasteiger partial charge in [0.2, 0.25) is 0 Å². The first-order chi connectivity index (χ1) is 9.67. The monoisotopic (exact) mass is 307 g/mol. The van der Waals surface area contributed by atoms with Crippen molar-refractivity contribution >= 4 is 28.9 Å². The van der Waals surface area contributed by atoms with Crippen molar-refractivity contribution in [2.45, 2.75) is 19.4 Å². The summed E-state index contributed by atoms with van der Waals surface area (Å²) in [7, 11) is 0. The molecular formula is C16H15Cl2NO. The van der Waals surface area contributed by atoms with Crippen molar-refractivity contribution in [2.75, 3.05) is 11.9 Å². The molecule has 0 radical (unpaired) electrons. The second-order valence-corrected chi connectivity index (χ2v) is 5.69. The van der Waals surface area contributed by atoms with Crippen LogP contribution in [0.4, 0.5) is 5.69 Å². The topological polar surface area (TPSA) is 21.3 Å². The summed E-state index contributed by atoms with van der Waals surface area (Å²) in [5.41, 5.74) is 3.32. The van der Waals surface area contributed by atoms with Crippen LogP contribution in [0, 0.1) is 0 Å². The third-order valence-corrected chi connectivity index (χ3v) is 4.01. The molecule has 3 rings (SSSR count). The highest BCUT2D eigenvalue weighted by Gasteiger charge is 2.23. The van der Waals surface area contributed by atoms with Crippen LogP contribution in [-0.4, -0.2) is 6.54 Å². The molecule has 1 aliphatic heterocycles. The van der Waals surface area contributed by atoms with Crippen LogP contribution in [0.5, 0.6) is 5.75 Å². The lowest BCUT2D eigenvalue weighted by Gasteiger charge is -2.28. The van der Waals surface area contributed by atoms with Gasteiger partial charge in [-0.3, -0.25) is 0 Å². The molecule has 0 saturated carbocycles. The first-order valence-electron chi connectivity index (χ1n) is 6.65. The van der Waals surface area contributed by atoms with Crippen molar-refractivity contribution in [3.63, 3.8) is 0 Å². The Balaban J connectivity index is 1.87. The van der Waals surface area contributed by atoms with E-state index in [1.807, 2.05) is 6.07 Å². The fraction of sp³-hybridized carbons (Fsp3) is 0.250. The number of rotatable bonds is 2. The van der Waals surface area contributed by atoms with Crippen molar-refractivity contribution < 1.29 is 4.74 Å². The number of fused-ring (bicyclic) bond motifs is 1. The fourth-order valence-corrected chi connectivity index (χ4v) is 2.89. The molecule has 2 aromatic carbocycles. The van der Waals surface area contributed by atoms with Crippen molar-refractivity contribution in [1.82, 2.24) is 0 Å². The molecule has 2 nitrogen and oxygen atoms in total. The van der Waals surface area contributed by atoms with E-state index < -0.39 is 0 Å². The predicted molar refractivity (Wildman–Crippen MR) is 84.1 cm³/mol. The van der Waals surface area contributed by atoms with Crippen LogP contribution in [0.3, 0.4) is 0 Å². The smallest absolute Gasteiger partial charge is 0.162 e. The normalized spacial score (nSPS) is 17.1. The van der Waals surface area contributed by atoms with Crippen LogP contribution < -0.4 is 10.1 Å². The molecule has 4 heteroatoms. The summed E-state index contributed by atoms with van der Waals surface area (Å²) in [6.07, 6.45) is 1.00. The molecule has 0 saturated heterocycles. The Morgan fingerprint density at radius 1 is 1.20 bits per heavy atom. The lowest BCUT2D eigenvalue weighted by Crippen LogP contribution is -2.23. The summed E-state index contributed by atoms with van der Waals surface area (Å²) in [6, 6.07) is 12.0. The molecule has 0 amide bonds. The van der Waals surface area contributed by atoms with E-state index in [-0.39, 0.29) is 6.10 Å². The largest absolute Gasteiger partial charge is 0.480 e. The molecule has 1 unspecified atom stereocenters. The van der Waals surface area contributed by atoms with Gasteiger partial charge in [-0.05, 0) is 29.7 Å². The predicted octanol–water partition coefficient (Wildman–Crippen LogP) is 5.10. The number of nitrogens with one attached hydrogen (secondary N) is 1. The zero-order valence-corrected chi connectivity index (χ0v) is 12.6. The molecule has 0 aromatic heterocycles. The third-order valence-electron chi connectivity index (χ3n) is 3.51. The highest BCUT2D eigenvalue weighted by atomic mass is 35.5. The van der Waals surface area contributed by atoms with Gasteiger partial charge in [0.05, 0.1) is 17.3 Å². The minimum absolute atomic E-state index is 0.0351. The number of halogens is 2. The van der Waals surface area contributed by atoms with E-state index in [0.29, 0.717) is 22.3 Å². The maximum Gasteiger partial charge on any atom is 0.162 e. The van der Waals surface area contributed by atoms with Gasteiger partial charge in [0.15, 0.2) is 5.75 Å². The number of hydrogen-bond donors (Lipinski definition) is 1. The van der Waals surface area contributed by atoms with Gasteiger partial charge in [-0.1, -0.05) is 54.4 Å². The second kappa shape index (κ2) is 5.55. The molecular weight excluding hydrogens is 293 g/mol. The molecule has 0 fully saturated rings. The summed E-state index contributed by atoms with van der Waals surface area (Å²) < 4.78 is 6.02. The lowest BCUT2D eigenvalue weighted by atomic mass is 10.0. The second-order valence-electron chi connectivity index (χ2n) is 4.85. The molecule has 20 heavy (non-hydrogen) atoms. The molecule has 0 spiro atoms. The van der Waals surface area contributed by atoms with Crippen LogP contribution in [0.25, 0.3) is 0 Å². The van der Waals surface area contributed by atoms with Gasteiger partial charge >= 0.3 is 0 Å². The first kappa shape index (κ1) is 13.6. The van der Waals surface area contributed by atoms with E-state index >= 15 is 0 Å². The molecule has 1 aliphatic rings. The maximum atomic E-state index is 6.20. The maximum absolute atomic E-state index is 6.20. The van der Waals surface area contributed by atoms with Crippen LogP contribution in [0.2, 0.25) is 10.0 Å². The van der Waals surface area contributed by atoms with Crippen molar-refractivity contribution in [2.24, 2.45) is 0 Å². The van der Waals surface area contributed by atoms with Crippen molar-refractivity contribution in [3.05, 3.63) is 57.6 Å². The Morgan fingerprint density at radius 2 is 1.95 bits per heavy atom. The Labute approximate surface area is 128 Å². The SMILES string of the molecule is CCc1ccc(C2CNc3cc(Cl)cc(Cl)c3O2)cc1. The third kappa shape index (κ3) is 2.58. The Kier molecular flexibility index (Phi) is 3.77. The van der Waals surface area contributed by atoms with Gasteiger partial charge in [0.25, 0.3) is 0 Å². The highest BCUT2D eigenvalue weighted by Crippen LogP contribution is 2.41. The summed E-state index contributed by atoms with van der Waals surface area (Å²) >= 11 is 12.2. The van der Waals surface area contributed by atoms with E-state index in [1.54, 1.807) is 6.07 Å². The summed E-state index contributed by atoms with van der Waals surface area (Å²) in [5, 5.41) is 4.47. The Hall–Kier alpha value is -1.38. The summed E-state index contributed by atoms with van der Waals surface area (Å²) in [5.74, 6) is 0.673. The van der Waals surface area contributed by atoms with Gasteiger partial charge in [0, 0.05) is 5.02 Å². The van der Waals surface area contributed by atoms with E-state index in [4.69, 9.17) is 27.9 Å². The molecule has 2 aromatic rings. The van der Waals surface area contributed by atoms with Crippen molar-refractivity contribution in [3.8, 4) is 5.75 Å². The molecule has 0 aliphatic carbocycles. The summed E-state index contributed by atoms with van der Waals surface area (Å²) in [4.78, 5) is 0. The van der Waals surface area contributed by atoms with Gasteiger partial charge in [-0.15, -0.1) is 0 Å². The highest BCUT2D eigenvalue weighted by molar-refractivity contribution is 6.36. The van der Waals surface area contributed by atoms with E-state index in [9.17, 15) is 0 Å². The molecule has 1 N–H and O–H groups in total. The quantitative estimate of drug-likeness (QED) is 0.833. The van der Waals surface area contributed by atoms with Gasteiger partial charge in [-0.25, -0.2) is 0 Å². The zero-order valence-electron chi connectivity index (χ0n) is 11.1. The van der Waals surface area contributed by atoms with E-state index in [2.05, 4.69) is 36.5 Å². The van der Waals surface area contributed by atoms with Gasteiger partial charge in [0.1, 0.15) is 6.10 Å². The number of anilines is 1. The van der Waals surface area contributed by atoms with Crippen LogP contribution >= 0.6 is 23.2 Å². The van der Waals surface area contributed by atoms with Crippen LogP contribution in [0.1, 0.15) is 24.2 Å². The fourth-order valence-electron chi connectivity index (χ4n) is 2.35. The molecule has 104 valence electrons. The number of benzene rings is 2. The Morgan fingerprint density at radius 3 is 2.65 bits per heavy atom. The summed E-state index contributed by atoms with van der Waals surface area (Å²) in [6.45, 7) is 2.85. The average Bonchev–Trinajstić information content (AvgIpc) is 2.47. The standard InChI is InChI=1S/C16H15Cl2NO/c1-2-10-3-5-11(6-4-10)15-9-19-14-8-12(17)7-13(18)16(14)20-15/h3-8,15,19H,2,9H2,1H3. The Bertz CT molecular complexity index is 625. The average molecular weight is 308 g/mol. The van der Waals surface area contributed by atoms with Gasteiger partial charge < -0.3 is 10.1 Å². The van der Waals surface area contributed by atoms with E-state index in [0.717, 1.165) is 17.7 Å². The number of hydrogen-bond acceptors (Lipinski definition) is 2. The molecule has 1 atom stereocenters. The van der Waals surface area contributed by atoms with Gasteiger partial charge in [-0.2, -0.15) is 0 Å². The zero-order chi connectivity index (χ0) is 14.1. The van der Waals surface area contributed by atoms with E-state index in [1.165, 1.54) is 5.56 Å². The van der Waals surface area contributed by atoms with Crippen molar-refractivity contribution in [1.29, 1.82) is 0 Å². The minimum Gasteiger partial charge on any atom is -0.480 e. The first-order valence-corrected chi connectivity index (χ1v) is 7.41. The van der Waals surface area contributed by atoms with Crippen LogP contribution in [0.15, 0.2) is 36.4 Å².